The molecule has 1 N–H and O–H groups in total. The summed E-state index contributed by atoms with van der Waals surface area (Å²) in [7, 11) is 1.60. The first kappa shape index (κ1) is 14.9. The van der Waals surface area contributed by atoms with Gasteiger partial charge >= 0.3 is 5.97 Å². The second-order valence-electron chi connectivity index (χ2n) is 4.10. The zero-order valence-electron chi connectivity index (χ0n) is 11.0. The van der Waals surface area contributed by atoms with Crippen molar-refractivity contribution < 1.29 is 19.4 Å². The average Bonchev–Trinajstić information content (AvgIpc) is 2.79. The lowest BCUT2D eigenvalue weighted by Gasteiger charge is -2.09. The minimum Gasteiger partial charge on any atom is -0.497 e. The lowest BCUT2D eigenvalue weighted by Crippen LogP contribution is -2.01. The van der Waals surface area contributed by atoms with E-state index in [0.29, 0.717) is 5.75 Å². The number of hydrogen-bond donors (Lipinski definition) is 1. The van der Waals surface area contributed by atoms with Crippen molar-refractivity contribution in [3.63, 3.8) is 0 Å². The quantitative estimate of drug-likeness (QED) is 0.875. The van der Waals surface area contributed by atoms with Crippen LogP contribution >= 0.6 is 27.3 Å². The van der Waals surface area contributed by atoms with Gasteiger partial charge in [-0.05, 0) is 31.2 Å². The lowest BCUT2D eigenvalue weighted by atomic mass is 10.2. The number of methoxy groups -OCH3 is 1. The van der Waals surface area contributed by atoms with Crippen LogP contribution in [0.1, 0.15) is 20.1 Å². The number of ether oxygens (including phenoxy) is 2. The highest BCUT2D eigenvalue weighted by molar-refractivity contribution is 9.10. The summed E-state index contributed by atoms with van der Waals surface area (Å²) in [6.07, 6.45) is 0. The molecule has 1 aromatic heterocycles. The lowest BCUT2D eigenvalue weighted by molar-refractivity contribution is 0.0697. The predicted octanol–water partition coefficient (Wildman–Crippen LogP) is 4.10. The van der Waals surface area contributed by atoms with Crippen LogP contribution in [-0.4, -0.2) is 18.2 Å². The largest absolute Gasteiger partial charge is 0.497 e. The van der Waals surface area contributed by atoms with Gasteiger partial charge in [0.15, 0.2) is 4.88 Å². The minimum atomic E-state index is -0.970. The van der Waals surface area contributed by atoms with Crippen molar-refractivity contribution in [3.05, 3.63) is 44.1 Å². The number of thiophene rings is 1. The molecule has 0 aliphatic rings. The minimum absolute atomic E-state index is 0.224. The van der Waals surface area contributed by atoms with E-state index in [4.69, 9.17) is 14.6 Å². The summed E-state index contributed by atoms with van der Waals surface area (Å²) in [6.45, 7) is 2.12. The molecule has 6 heteroatoms. The molecule has 0 amide bonds. The van der Waals surface area contributed by atoms with E-state index in [1.807, 2.05) is 25.1 Å². The number of rotatable bonds is 5. The standard InChI is InChI=1S/C14H13BrO4S/c1-8-5-12(13(20-8)14(16)17)19-7-9-6-10(18-2)3-4-11(9)15/h3-6H,7H2,1-2H3,(H,16,17). The van der Waals surface area contributed by atoms with Gasteiger partial charge in [-0.3, -0.25) is 0 Å². The summed E-state index contributed by atoms with van der Waals surface area (Å²) >= 11 is 4.65. The molecule has 1 aromatic carbocycles. The predicted molar refractivity (Wildman–Crippen MR) is 81.0 cm³/mol. The molecule has 0 saturated carbocycles. The molecular formula is C14H13BrO4S. The molecule has 2 aromatic rings. The Morgan fingerprint density at radius 1 is 1.40 bits per heavy atom. The van der Waals surface area contributed by atoms with E-state index in [0.717, 1.165) is 20.7 Å². The highest BCUT2D eigenvalue weighted by Gasteiger charge is 2.15. The van der Waals surface area contributed by atoms with Gasteiger partial charge in [-0.1, -0.05) is 15.9 Å². The van der Waals surface area contributed by atoms with Gasteiger partial charge in [-0.15, -0.1) is 11.3 Å². The Labute approximate surface area is 129 Å². The Morgan fingerprint density at radius 3 is 2.80 bits per heavy atom. The maximum absolute atomic E-state index is 11.1. The van der Waals surface area contributed by atoms with E-state index in [1.54, 1.807) is 13.2 Å². The number of carbonyl (C=O) groups is 1. The fourth-order valence-electron chi connectivity index (χ4n) is 1.69. The van der Waals surface area contributed by atoms with Gasteiger partial charge in [0, 0.05) is 14.9 Å². The maximum Gasteiger partial charge on any atom is 0.349 e. The molecule has 0 unspecified atom stereocenters. The number of benzene rings is 1. The number of aromatic carboxylic acids is 1. The van der Waals surface area contributed by atoms with Crippen molar-refractivity contribution >= 4 is 33.2 Å². The molecule has 4 nitrogen and oxygen atoms in total. The van der Waals surface area contributed by atoms with Crippen molar-refractivity contribution in [2.24, 2.45) is 0 Å². The fourth-order valence-corrected chi connectivity index (χ4v) is 2.85. The zero-order chi connectivity index (χ0) is 14.7. The third-order valence-electron chi connectivity index (χ3n) is 2.65. The van der Waals surface area contributed by atoms with Gasteiger partial charge in [0.2, 0.25) is 0 Å². The summed E-state index contributed by atoms with van der Waals surface area (Å²) in [5.41, 5.74) is 0.893. The molecular weight excluding hydrogens is 344 g/mol. The SMILES string of the molecule is COc1ccc(Br)c(COc2cc(C)sc2C(=O)O)c1. The van der Waals surface area contributed by atoms with E-state index in [-0.39, 0.29) is 11.5 Å². The van der Waals surface area contributed by atoms with Crippen molar-refractivity contribution in [1.82, 2.24) is 0 Å². The number of aryl methyl sites for hydroxylation is 1. The maximum atomic E-state index is 11.1. The Morgan fingerprint density at radius 2 is 2.15 bits per heavy atom. The molecule has 0 atom stereocenters. The van der Waals surface area contributed by atoms with Crippen LogP contribution in [-0.2, 0) is 6.61 Å². The normalized spacial score (nSPS) is 10.3. The molecule has 0 bridgehead atoms. The van der Waals surface area contributed by atoms with Crippen molar-refractivity contribution in [1.29, 1.82) is 0 Å². The number of carboxylic acids is 1. The van der Waals surface area contributed by atoms with Crippen LogP contribution < -0.4 is 9.47 Å². The highest BCUT2D eigenvalue weighted by Crippen LogP contribution is 2.30. The second-order valence-corrected chi connectivity index (χ2v) is 6.21. The van der Waals surface area contributed by atoms with Crippen LogP contribution in [0.4, 0.5) is 0 Å². The van der Waals surface area contributed by atoms with Crippen LogP contribution in [0.3, 0.4) is 0 Å². The smallest absolute Gasteiger partial charge is 0.349 e. The van der Waals surface area contributed by atoms with Crippen molar-refractivity contribution in [3.8, 4) is 11.5 Å². The molecule has 0 fully saturated rings. The molecule has 0 aliphatic carbocycles. The third kappa shape index (κ3) is 3.32. The Balaban J connectivity index is 2.18. The first-order chi connectivity index (χ1) is 9.51. The van der Waals surface area contributed by atoms with E-state index in [1.165, 1.54) is 11.3 Å². The fraction of sp³-hybridized carbons (Fsp3) is 0.214. The number of hydrogen-bond acceptors (Lipinski definition) is 4. The summed E-state index contributed by atoms with van der Waals surface area (Å²) in [5, 5.41) is 9.11. The van der Waals surface area contributed by atoms with Gasteiger partial charge in [0.25, 0.3) is 0 Å². The highest BCUT2D eigenvalue weighted by atomic mass is 79.9. The average molecular weight is 357 g/mol. The molecule has 1 heterocycles. The van der Waals surface area contributed by atoms with Gasteiger partial charge in [-0.2, -0.15) is 0 Å². The van der Waals surface area contributed by atoms with Crippen LogP contribution in [0.5, 0.6) is 11.5 Å². The summed E-state index contributed by atoms with van der Waals surface area (Å²) in [6, 6.07) is 7.30. The summed E-state index contributed by atoms with van der Waals surface area (Å²) < 4.78 is 11.7. The van der Waals surface area contributed by atoms with E-state index in [9.17, 15) is 4.79 Å². The van der Waals surface area contributed by atoms with Crippen LogP contribution in [0, 0.1) is 6.92 Å². The van der Waals surface area contributed by atoms with Crippen LogP contribution in [0.15, 0.2) is 28.7 Å². The molecule has 20 heavy (non-hydrogen) atoms. The molecule has 0 spiro atoms. The topological polar surface area (TPSA) is 55.8 Å². The summed E-state index contributed by atoms with van der Waals surface area (Å²) in [5.74, 6) is 0.157. The first-order valence-electron chi connectivity index (χ1n) is 5.80. The molecule has 106 valence electrons. The van der Waals surface area contributed by atoms with Gasteiger partial charge < -0.3 is 14.6 Å². The Hall–Kier alpha value is -1.53. The molecule has 0 radical (unpaired) electrons. The zero-order valence-corrected chi connectivity index (χ0v) is 13.4. The van der Waals surface area contributed by atoms with Crippen LogP contribution in [0.2, 0.25) is 0 Å². The molecule has 2 rings (SSSR count). The van der Waals surface area contributed by atoms with E-state index < -0.39 is 5.97 Å². The van der Waals surface area contributed by atoms with Crippen molar-refractivity contribution in [2.75, 3.05) is 7.11 Å². The Kier molecular flexibility index (Phi) is 4.67. The number of halogens is 1. The van der Waals surface area contributed by atoms with Gasteiger partial charge in [0.1, 0.15) is 18.1 Å². The molecule has 0 saturated heterocycles. The first-order valence-corrected chi connectivity index (χ1v) is 7.41. The molecule has 0 aliphatic heterocycles. The van der Waals surface area contributed by atoms with Gasteiger partial charge in [-0.25, -0.2) is 4.79 Å². The van der Waals surface area contributed by atoms with E-state index in [2.05, 4.69) is 15.9 Å². The third-order valence-corrected chi connectivity index (χ3v) is 4.44. The van der Waals surface area contributed by atoms with E-state index >= 15 is 0 Å². The summed E-state index contributed by atoms with van der Waals surface area (Å²) in [4.78, 5) is 12.2. The van der Waals surface area contributed by atoms with Crippen LogP contribution in [0.25, 0.3) is 0 Å². The van der Waals surface area contributed by atoms with Gasteiger partial charge in [0.05, 0.1) is 7.11 Å². The second kappa shape index (κ2) is 6.28. The monoisotopic (exact) mass is 356 g/mol. The van der Waals surface area contributed by atoms with Crippen molar-refractivity contribution in [2.45, 2.75) is 13.5 Å². The Bertz CT molecular complexity index is 636. The number of carboxylic acid groups (broad SMARTS) is 1.